The van der Waals surface area contributed by atoms with Crippen molar-refractivity contribution in [3.63, 3.8) is 0 Å². The standard InChI is InChI=1S/C17H18ClNO3S/c1-11-4-3-5-13(8-11)21-6-7-22-16-14(18)9-12(17(19)23)10-15(16)20-2/h3-5,8-10H,6-7H2,1-2H3,(H2,19,23). The minimum atomic E-state index is 0.250. The number of hydrogen-bond donors (Lipinski definition) is 1. The number of nitrogens with two attached hydrogens (primary N) is 1. The average Bonchev–Trinajstić information content (AvgIpc) is 2.52. The summed E-state index contributed by atoms with van der Waals surface area (Å²) in [6.45, 7) is 2.73. The minimum Gasteiger partial charge on any atom is -0.493 e. The van der Waals surface area contributed by atoms with Crippen LogP contribution in [0.15, 0.2) is 36.4 Å². The molecule has 122 valence electrons. The first kappa shape index (κ1) is 17.4. The summed E-state index contributed by atoms with van der Waals surface area (Å²) < 4.78 is 16.6. The zero-order valence-corrected chi connectivity index (χ0v) is 14.5. The summed E-state index contributed by atoms with van der Waals surface area (Å²) >= 11 is 11.2. The first-order chi connectivity index (χ1) is 11.0. The van der Waals surface area contributed by atoms with Crippen molar-refractivity contribution in [3.8, 4) is 17.2 Å². The van der Waals surface area contributed by atoms with Crippen molar-refractivity contribution < 1.29 is 14.2 Å². The predicted octanol–water partition coefficient (Wildman–Crippen LogP) is 3.75. The molecule has 2 aromatic carbocycles. The third kappa shape index (κ3) is 4.74. The van der Waals surface area contributed by atoms with E-state index in [9.17, 15) is 0 Å². The van der Waals surface area contributed by atoms with Crippen LogP contribution in [0.25, 0.3) is 0 Å². The molecule has 0 aliphatic carbocycles. The molecule has 0 spiro atoms. The fraction of sp³-hybridized carbons (Fsp3) is 0.235. The lowest BCUT2D eigenvalue weighted by Gasteiger charge is -2.14. The van der Waals surface area contributed by atoms with Crippen LogP contribution in [0.4, 0.5) is 0 Å². The van der Waals surface area contributed by atoms with Gasteiger partial charge in [0.1, 0.15) is 24.0 Å². The highest BCUT2D eigenvalue weighted by Crippen LogP contribution is 2.36. The van der Waals surface area contributed by atoms with Gasteiger partial charge < -0.3 is 19.9 Å². The van der Waals surface area contributed by atoms with Crippen LogP contribution in [0.1, 0.15) is 11.1 Å². The van der Waals surface area contributed by atoms with E-state index in [0.29, 0.717) is 35.3 Å². The second-order valence-electron chi connectivity index (χ2n) is 4.87. The zero-order chi connectivity index (χ0) is 16.8. The van der Waals surface area contributed by atoms with Crippen LogP contribution in [-0.4, -0.2) is 25.3 Å². The molecule has 0 bridgehead atoms. The zero-order valence-electron chi connectivity index (χ0n) is 13.0. The van der Waals surface area contributed by atoms with Gasteiger partial charge in [-0.05, 0) is 36.8 Å². The Hall–Kier alpha value is -1.98. The van der Waals surface area contributed by atoms with Crippen LogP contribution in [-0.2, 0) is 0 Å². The van der Waals surface area contributed by atoms with Gasteiger partial charge in [-0.15, -0.1) is 0 Å². The van der Waals surface area contributed by atoms with Gasteiger partial charge in [0.2, 0.25) is 0 Å². The fourth-order valence-electron chi connectivity index (χ4n) is 2.01. The van der Waals surface area contributed by atoms with Crippen molar-refractivity contribution in [1.29, 1.82) is 0 Å². The molecule has 0 amide bonds. The monoisotopic (exact) mass is 351 g/mol. The molecule has 4 nitrogen and oxygen atoms in total. The lowest BCUT2D eigenvalue weighted by atomic mass is 10.2. The molecule has 0 radical (unpaired) electrons. The molecule has 0 aromatic heterocycles. The third-order valence-corrected chi connectivity index (χ3v) is 3.62. The molecule has 0 atom stereocenters. The molecule has 0 aliphatic heterocycles. The van der Waals surface area contributed by atoms with Crippen LogP contribution in [0, 0.1) is 6.92 Å². The molecular weight excluding hydrogens is 334 g/mol. The van der Waals surface area contributed by atoms with E-state index in [2.05, 4.69) is 0 Å². The highest BCUT2D eigenvalue weighted by Gasteiger charge is 2.13. The van der Waals surface area contributed by atoms with Crippen molar-refractivity contribution >= 4 is 28.8 Å². The molecule has 0 fully saturated rings. The lowest BCUT2D eigenvalue weighted by Crippen LogP contribution is -2.12. The second kappa shape index (κ2) is 8.04. The molecule has 0 saturated carbocycles. The number of benzene rings is 2. The summed E-state index contributed by atoms with van der Waals surface area (Å²) in [6.07, 6.45) is 0. The van der Waals surface area contributed by atoms with E-state index >= 15 is 0 Å². The SMILES string of the molecule is COc1cc(C(N)=S)cc(Cl)c1OCCOc1cccc(C)c1. The number of methoxy groups -OCH3 is 1. The first-order valence-corrected chi connectivity index (χ1v) is 7.79. The van der Waals surface area contributed by atoms with Crippen LogP contribution in [0.3, 0.4) is 0 Å². The number of thiocarbonyl (C=S) groups is 1. The minimum absolute atomic E-state index is 0.250. The number of aryl methyl sites for hydroxylation is 1. The molecule has 2 rings (SSSR count). The van der Waals surface area contributed by atoms with E-state index in [1.54, 1.807) is 12.1 Å². The maximum Gasteiger partial charge on any atom is 0.179 e. The molecule has 0 unspecified atom stereocenters. The van der Waals surface area contributed by atoms with Crippen molar-refractivity contribution in [2.45, 2.75) is 6.92 Å². The van der Waals surface area contributed by atoms with Crippen molar-refractivity contribution in [2.24, 2.45) is 5.73 Å². The summed E-state index contributed by atoms with van der Waals surface area (Å²) in [7, 11) is 1.53. The number of halogens is 1. The number of hydrogen-bond acceptors (Lipinski definition) is 4. The summed E-state index contributed by atoms with van der Waals surface area (Å²) in [6, 6.07) is 11.2. The summed E-state index contributed by atoms with van der Waals surface area (Å²) in [4.78, 5) is 0.250. The van der Waals surface area contributed by atoms with Crippen LogP contribution in [0.5, 0.6) is 17.2 Å². The van der Waals surface area contributed by atoms with E-state index in [4.69, 9.17) is 43.8 Å². The van der Waals surface area contributed by atoms with Gasteiger partial charge in [-0.3, -0.25) is 0 Å². The van der Waals surface area contributed by atoms with Crippen LogP contribution in [0.2, 0.25) is 5.02 Å². The molecule has 2 aromatic rings. The molecule has 6 heteroatoms. The topological polar surface area (TPSA) is 53.7 Å². The van der Waals surface area contributed by atoms with Gasteiger partial charge in [-0.1, -0.05) is 36.0 Å². The number of rotatable bonds is 7. The van der Waals surface area contributed by atoms with E-state index in [0.717, 1.165) is 11.3 Å². The Morgan fingerprint density at radius 1 is 1.17 bits per heavy atom. The van der Waals surface area contributed by atoms with Gasteiger partial charge in [-0.2, -0.15) is 0 Å². The van der Waals surface area contributed by atoms with Gasteiger partial charge in [0.15, 0.2) is 11.5 Å². The Bertz CT molecular complexity index is 706. The van der Waals surface area contributed by atoms with Gasteiger partial charge in [-0.25, -0.2) is 0 Å². The summed E-state index contributed by atoms with van der Waals surface area (Å²) in [5, 5.41) is 0.391. The van der Waals surface area contributed by atoms with E-state index < -0.39 is 0 Å². The molecule has 0 aliphatic rings. The highest BCUT2D eigenvalue weighted by molar-refractivity contribution is 7.80. The maximum absolute atomic E-state index is 6.21. The summed E-state index contributed by atoms with van der Waals surface area (Å²) in [5.41, 5.74) is 7.38. The van der Waals surface area contributed by atoms with Crippen LogP contribution < -0.4 is 19.9 Å². The molecular formula is C17H18ClNO3S. The van der Waals surface area contributed by atoms with Gasteiger partial charge in [0.25, 0.3) is 0 Å². The lowest BCUT2D eigenvalue weighted by molar-refractivity contribution is 0.211. The average molecular weight is 352 g/mol. The quantitative estimate of drug-likeness (QED) is 0.608. The van der Waals surface area contributed by atoms with Crippen molar-refractivity contribution in [2.75, 3.05) is 20.3 Å². The van der Waals surface area contributed by atoms with E-state index in [-0.39, 0.29) is 4.99 Å². The van der Waals surface area contributed by atoms with E-state index in [1.165, 1.54) is 7.11 Å². The van der Waals surface area contributed by atoms with Gasteiger partial charge in [0.05, 0.1) is 12.1 Å². The predicted molar refractivity (Wildman–Crippen MR) is 96.1 cm³/mol. The van der Waals surface area contributed by atoms with Crippen molar-refractivity contribution in [3.05, 3.63) is 52.5 Å². The molecule has 0 saturated heterocycles. The Labute approximate surface area is 146 Å². The fourth-order valence-corrected chi connectivity index (χ4v) is 2.39. The smallest absolute Gasteiger partial charge is 0.179 e. The normalized spacial score (nSPS) is 10.2. The van der Waals surface area contributed by atoms with Gasteiger partial charge >= 0.3 is 0 Å². The largest absolute Gasteiger partial charge is 0.493 e. The maximum atomic E-state index is 6.21. The first-order valence-electron chi connectivity index (χ1n) is 7.01. The van der Waals surface area contributed by atoms with Gasteiger partial charge in [0, 0.05) is 5.56 Å². The summed E-state index contributed by atoms with van der Waals surface area (Å²) in [5.74, 6) is 1.73. The second-order valence-corrected chi connectivity index (χ2v) is 5.71. The Morgan fingerprint density at radius 2 is 1.91 bits per heavy atom. The van der Waals surface area contributed by atoms with E-state index in [1.807, 2.05) is 31.2 Å². The Balaban J connectivity index is 1.99. The van der Waals surface area contributed by atoms with Crippen LogP contribution >= 0.6 is 23.8 Å². The number of ether oxygens (including phenoxy) is 3. The molecule has 23 heavy (non-hydrogen) atoms. The third-order valence-electron chi connectivity index (χ3n) is 3.10. The Kier molecular flexibility index (Phi) is 6.07. The van der Waals surface area contributed by atoms with Crippen molar-refractivity contribution in [1.82, 2.24) is 0 Å². The molecule has 0 heterocycles. The molecule has 2 N–H and O–H groups in total. The Morgan fingerprint density at radius 3 is 2.57 bits per heavy atom. The highest BCUT2D eigenvalue weighted by atomic mass is 35.5.